The number of hydrogen-bond acceptors (Lipinski definition) is 2. The number of hydrogen-bond donors (Lipinski definition) is 1. The molecule has 1 aliphatic carbocycles. The van der Waals surface area contributed by atoms with Crippen LogP contribution in [0.2, 0.25) is 10.0 Å². The minimum atomic E-state index is 0.259. The number of benzene rings is 1. The van der Waals surface area contributed by atoms with Crippen LogP contribution in [0, 0.1) is 5.92 Å². The summed E-state index contributed by atoms with van der Waals surface area (Å²) in [4.78, 5) is 0. The SMILES string of the molecule is CCC(NCCOCC1CC1)c1ccc(Cl)cc1Cl. The van der Waals surface area contributed by atoms with Crippen molar-refractivity contribution in [1.82, 2.24) is 5.32 Å². The van der Waals surface area contributed by atoms with Gasteiger partial charge in [-0.25, -0.2) is 0 Å². The molecule has 2 rings (SSSR count). The quantitative estimate of drug-likeness (QED) is 0.716. The van der Waals surface area contributed by atoms with Gasteiger partial charge in [-0.1, -0.05) is 36.2 Å². The first-order chi connectivity index (χ1) is 9.20. The summed E-state index contributed by atoms with van der Waals surface area (Å²) in [6.07, 6.45) is 3.67. The van der Waals surface area contributed by atoms with Gasteiger partial charge >= 0.3 is 0 Å². The van der Waals surface area contributed by atoms with E-state index in [2.05, 4.69) is 12.2 Å². The van der Waals surface area contributed by atoms with E-state index in [1.54, 1.807) is 6.07 Å². The van der Waals surface area contributed by atoms with Gasteiger partial charge in [0.1, 0.15) is 0 Å². The maximum atomic E-state index is 6.24. The predicted molar refractivity (Wildman–Crippen MR) is 81.0 cm³/mol. The molecule has 1 aromatic rings. The van der Waals surface area contributed by atoms with Crippen molar-refractivity contribution in [2.24, 2.45) is 5.92 Å². The van der Waals surface area contributed by atoms with Gasteiger partial charge in [-0.2, -0.15) is 0 Å². The van der Waals surface area contributed by atoms with Crippen molar-refractivity contribution in [1.29, 1.82) is 0 Å². The van der Waals surface area contributed by atoms with Crippen LogP contribution in [0.3, 0.4) is 0 Å². The highest BCUT2D eigenvalue weighted by Gasteiger charge is 2.21. The van der Waals surface area contributed by atoms with Crippen LogP contribution < -0.4 is 5.32 Å². The lowest BCUT2D eigenvalue weighted by molar-refractivity contribution is 0.124. The van der Waals surface area contributed by atoms with E-state index in [9.17, 15) is 0 Å². The van der Waals surface area contributed by atoms with Gasteiger partial charge in [0.15, 0.2) is 0 Å². The lowest BCUT2D eigenvalue weighted by Gasteiger charge is -2.19. The average molecular weight is 302 g/mol. The third-order valence-corrected chi connectivity index (χ3v) is 4.00. The van der Waals surface area contributed by atoms with Gasteiger partial charge in [0, 0.05) is 29.2 Å². The van der Waals surface area contributed by atoms with E-state index >= 15 is 0 Å². The Morgan fingerprint density at radius 2 is 2.16 bits per heavy atom. The Hall–Kier alpha value is -0.280. The van der Waals surface area contributed by atoms with Crippen molar-refractivity contribution < 1.29 is 4.74 Å². The zero-order valence-electron chi connectivity index (χ0n) is 11.3. The van der Waals surface area contributed by atoms with Crippen molar-refractivity contribution in [3.8, 4) is 0 Å². The van der Waals surface area contributed by atoms with Crippen molar-refractivity contribution >= 4 is 23.2 Å². The number of ether oxygens (including phenoxy) is 1. The van der Waals surface area contributed by atoms with Gasteiger partial charge in [0.05, 0.1) is 6.61 Å². The van der Waals surface area contributed by atoms with E-state index in [4.69, 9.17) is 27.9 Å². The van der Waals surface area contributed by atoms with Crippen LogP contribution in [-0.4, -0.2) is 19.8 Å². The van der Waals surface area contributed by atoms with Gasteiger partial charge in [-0.15, -0.1) is 0 Å². The monoisotopic (exact) mass is 301 g/mol. The predicted octanol–water partition coefficient (Wildman–Crippen LogP) is 4.46. The topological polar surface area (TPSA) is 21.3 Å². The molecule has 0 spiro atoms. The molecule has 4 heteroatoms. The lowest BCUT2D eigenvalue weighted by Crippen LogP contribution is -2.25. The average Bonchev–Trinajstić information content (AvgIpc) is 3.19. The number of rotatable bonds is 8. The fraction of sp³-hybridized carbons (Fsp3) is 0.600. The molecule has 2 nitrogen and oxygen atoms in total. The maximum absolute atomic E-state index is 6.24. The fourth-order valence-electron chi connectivity index (χ4n) is 2.10. The summed E-state index contributed by atoms with van der Waals surface area (Å²) in [5.74, 6) is 0.827. The highest BCUT2D eigenvalue weighted by Crippen LogP contribution is 2.29. The molecule has 1 N–H and O–H groups in total. The molecular weight excluding hydrogens is 281 g/mol. The Labute approximate surface area is 125 Å². The minimum Gasteiger partial charge on any atom is -0.380 e. The molecule has 0 amide bonds. The summed E-state index contributed by atoms with van der Waals surface area (Å²) in [6, 6.07) is 5.94. The number of nitrogens with one attached hydrogen (secondary N) is 1. The van der Waals surface area contributed by atoms with Gasteiger partial charge in [-0.3, -0.25) is 0 Å². The van der Waals surface area contributed by atoms with E-state index < -0.39 is 0 Å². The minimum absolute atomic E-state index is 0.259. The van der Waals surface area contributed by atoms with E-state index in [0.29, 0.717) is 5.02 Å². The molecule has 0 bridgehead atoms. The maximum Gasteiger partial charge on any atom is 0.0591 e. The molecule has 1 atom stereocenters. The molecule has 0 heterocycles. The third-order valence-electron chi connectivity index (χ3n) is 3.43. The second-order valence-corrected chi connectivity index (χ2v) is 5.94. The fourth-order valence-corrected chi connectivity index (χ4v) is 2.64. The van der Waals surface area contributed by atoms with Crippen LogP contribution in [-0.2, 0) is 4.74 Å². The normalized spacial score (nSPS) is 16.6. The Kier molecular flexibility index (Phi) is 5.96. The molecule has 1 saturated carbocycles. The van der Waals surface area contributed by atoms with Crippen LogP contribution in [0.5, 0.6) is 0 Å². The standard InChI is InChI=1S/C15H21Cl2NO/c1-2-15(13-6-5-12(16)9-14(13)17)18-7-8-19-10-11-3-4-11/h5-6,9,11,15,18H,2-4,7-8,10H2,1H3. The first-order valence-corrected chi connectivity index (χ1v) is 7.72. The highest BCUT2D eigenvalue weighted by molar-refractivity contribution is 6.35. The molecule has 19 heavy (non-hydrogen) atoms. The summed E-state index contributed by atoms with van der Waals surface area (Å²) in [6.45, 7) is 4.68. The highest BCUT2D eigenvalue weighted by atomic mass is 35.5. The summed E-state index contributed by atoms with van der Waals surface area (Å²) in [7, 11) is 0. The van der Waals surface area contributed by atoms with E-state index in [-0.39, 0.29) is 6.04 Å². The first kappa shape index (κ1) is 15.1. The molecule has 106 valence electrons. The van der Waals surface area contributed by atoms with Gasteiger partial charge < -0.3 is 10.1 Å². The summed E-state index contributed by atoms with van der Waals surface area (Å²) < 4.78 is 5.62. The molecule has 1 unspecified atom stereocenters. The molecule has 0 saturated heterocycles. The molecule has 1 aliphatic rings. The van der Waals surface area contributed by atoms with Crippen LogP contribution in [0.25, 0.3) is 0 Å². The smallest absolute Gasteiger partial charge is 0.0591 e. The van der Waals surface area contributed by atoms with Gasteiger partial charge in [0.25, 0.3) is 0 Å². The Balaban J connectivity index is 1.77. The Morgan fingerprint density at radius 3 is 2.79 bits per heavy atom. The molecule has 1 fully saturated rings. The second-order valence-electron chi connectivity index (χ2n) is 5.10. The van der Waals surface area contributed by atoms with Gasteiger partial charge in [-0.05, 0) is 42.9 Å². The molecule has 0 aromatic heterocycles. The van der Waals surface area contributed by atoms with E-state index in [1.807, 2.05) is 12.1 Å². The van der Waals surface area contributed by atoms with Gasteiger partial charge in [0.2, 0.25) is 0 Å². The Bertz CT molecular complexity index is 407. The molecule has 0 radical (unpaired) electrons. The largest absolute Gasteiger partial charge is 0.380 e. The molecule has 1 aromatic carbocycles. The Morgan fingerprint density at radius 1 is 1.37 bits per heavy atom. The number of halogens is 2. The first-order valence-electron chi connectivity index (χ1n) is 6.96. The van der Waals surface area contributed by atoms with Crippen LogP contribution in [0.15, 0.2) is 18.2 Å². The van der Waals surface area contributed by atoms with Crippen LogP contribution in [0.1, 0.15) is 37.8 Å². The summed E-state index contributed by atoms with van der Waals surface area (Å²) in [5, 5.41) is 4.89. The van der Waals surface area contributed by atoms with E-state index in [0.717, 1.165) is 42.7 Å². The lowest BCUT2D eigenvalue weighted by atomic mass is 10.0. The zero-order valence-corrected chi connectivity index (χ0v) is 12.8. The summed E-state index contributed by atoms with van der Waals surface area (Å²) >= 11 is 12.2. The van der Waals surface area contributed by atoms with Crippen molar-refractivity contribution in [3.63, 3.8) is 0 Å². The van der Waals surface area contributed by atoms with Crippen molar-refractivity contribution in [3.05, 3.63) is 33.8 Å². The molecule has 0 aliphatic heterocycles. The third kappa shape index (κ3) is 4.96. The second kappa shape index (κ2) is 7.49. The van der Waals surface area contributed by atoms with E-state index in [1.165, 1.54) is 12.8 Å². The van der Waals surface area contributed by atoms with Crippen LogP contribution >= 0.6 is 23.2 Å². The zero-order chi connectivity index (χ0) is 13.7. The van der Waals surface area contributed by atoms with Crippen LogP contribution in [0.4, 0.5) is 0 Å². The molecular formula is C15H21Cl2NO. The van der Waals surface area contributed by atoms with Crippen molar-refractivity contribution in [2.75, 3.05) is 19.8 Å². The summed E-state index contributed by atoms with van der Waals surface area (Å²) in [5.41, 5.74) is 1.11. The van der Waals surface area contributed by atoms with Crippen molar-refractivity contribution in [2.45, 2.75) is 32.2 Å².